The third-order valence-corrected chi connectivity index (χ3v) is 3.16. The molecule has 0 aliphatic rings. The van der Waals surface area contributed by atoms with Crippen LogP contribution in [0.1, 0.15) is 12.5 Å². The zero-order chi connectivity index (χ0) is 14.5. The Morgan fingerprint density at radius 2 is 1.65 bits per heavy atom. The fourth-order valence-electron chi connectivity index (χ4n) is 2.26. The first-order valence-corrected chi connectivity index (χ1v) is 6.68. The lowest BCUT2D eigenvalue weighted by atomic mass is 10.1. The summed E-state index contributed by atoms with van der Waals surface area (Å²) in [5.41, 5.74) is 6.75. The summed E-state index contributed by atoms with van der Waals surface area (Å²) in [4.78, 5) is 1.62. The van der Waals surface area contributed by atoms with Crippen LogP contribution in [0.15, 0.2) is 42.5 Å². The van der Waals surface area contributed by atoms with Gasteiger partial charge in [0.25, 0.3) is 0 Å². The van der Waals surface area contributed by atoms with Crippen molar-refractivity contribution in [2.24, 2.45) is 5.73 Å². The highest BCUT2D eigenvalue weighted by molar-refractivity contribution is 5.64. The smallest absolute Gasteiger partial charge is 0.150 e. The summed E-state index contributed by atoms with van der Waals surface area (Å²) in [5.74, 6) is -1.11. The summed E-state index contributed by atoms with van der Waals surface area (Å²) < 4.78 is 28.5. The molecule has 0 atom stereocenters. The lowest BCUT2D eigenvalue weighted by Crippen LogP contribution is -2.19. The van der Waals surface area contributed by atoms with Gasteiger partial charge in [0.05, 0.1) is 0 Å². The second-order valence-corrected chi connectivity index (χ2v) is 4.53. The topological polar surface area (TPSA) is 29.3 Å². The summed E-state index contributed by atoms with van der Waals surface area (Å²) in [6.07, 6.45) is 0.464. The molecule has 2 nitrogen and oxygen atoms in total. The van der Waals surface area contributed by atoms with Crippen LogP contribution in [0.4, 0.5) is 20.2 Å². The van der Waals surface area contributed by atoms with E-state index in [-0.39, 0.29) is 5.69 Å². The van der Waals surface area contributed by atoms with Gasteiger partial charge in [0.1, 0.15) is 17.3 Å². The number of halogens is 2. The Bertz CT molecular complexity index is 547. The summed E-state index contributed by atoms with van der Waals surface area (Å²) in [6.45, 7) is 2.71. The Morgan fingerprint density at radius 3 is 2.15 bits per heavy atom. The van der Waals surface area contributed by atoms with Gasteiger partial charge in [-0.1, -0.05) is 18.2 Å². The van der Waals surface area contributed by atoms with E-state index in [1.165, 1.54) is 12.1 Å². The van der Waals surface area contributed by atoms with E-state index in [2.05, 4.69) is 0 Å². The van der Waals surface area contributed by atoms with Crippen molar-refractivity contribution >= 4 is 11.4 Å². The Hall–Kier alpha value is -1.94. The zero-order valence-electron chi connectivity index (χ0n) is 11.4. The van der Waals surface area contributed by atoms with Crippen LogP contribution < -0.4 is 10.6 Å². The molecule has 0 saturated heterocycles. The minimum atomic E-state index is -0.556. The molecule has 20 heavy (non-hydrogen) atoms. The van der Waals surface area contributed by atoms with E-state index in [1.54, 1.807) is 4.90 Å². The van der Waals surface area contributed by atoms with Gasteiger partial charge in [-0.25, -0.2) is 8.78 Å². The van der Waals surface area contributed by atoms with Crippen LogP contribution in [-0.2, 0) is 6.42 Å². The van der Waals surface area contributed by atoms with Crippen LogP contribution in [0.5, 0.6) is 0 Å². The predicted molar refractivity (Wildman–Crippen MR) is 78.2 cm³/mol. The second-order valence-electron chi connectivity index (χ2n) is 4.53. The maximum Gasteiger partial charge on any atom is 0.150 e. The molecule has 106 valence electrons. The molecule has 0 amide bonds. The summed E-state index contributed by atoms with van der Waals surface area (Å²) in [6, 6.07) is 11.9. The number of nitrogens with two attached hydrogens (primary N) is 1. The Kier molecular flexibility index (Phi) is 4.69. The second kappa shape index (κ2) is 6.48. The Morgan fingerprint density at radius 1 is 1.05 bits per heavy atom. The number of benzene rings is 2. The quantitative estimate of drug-likeness (QED) is 0.903. The molecule has 0 aliphatic carbocycles. The predicted octanol–water partition coefficient (Wildman–Crippen LogP) is 3.62. The van der Waals surface area contributed by atoms with Gasteiger partial charge in [0.2, 0.25) is 0 Å². The first-order valence-electron chi connectivity index (χ1n) is 6.68. The number of nitrogens with zero attached hydrogens (tertiary/aromatic N) is 1. The van der Waals surface area contributed by atoms with Crippen LogP contribution in [-0.4, -0.2) is 13.1 Å². The lowest BCUT2D eigenvalue weighted by molar-refractivity contribution is 0.577. The first kappa shape index (κ1) is 14.5. The molecular formula is C16H18F2N2. The van der Waals surface area contributed by atoms with Crippen molar-refractivity contribution in [1.29, 1.82) is 0 Å². The van der Waals surface area contributed by atoms with Gasteiger partial charge in [-0.3, -0.25) is 0 Å². The lowest BCUT2D eigenvalue weighted by Gasteiger charge is -2.24. The molecular weight excluding hydrogens is 258 g/mol. The van der Waals surface area contributed by atoms with Crippen LogP contribution in [0.2, 0.25) is 0 Å². The van der Waals surface area contributed by atoms with Crippen molar-refractivity contribution in [3.05, 3.63) is 59.7 Å². The van der Waals surface area contributed by atoms with Gasteiger partial charge in [-0.05, 0) is 49.7 Å². The number of rotatable bonds is 5. The van der Waals surface area contributed by atoms with Crippen molar-refractivity contribution in [2.45, 2.75) is 13.3 Å². The van der Waals surface area contributed by atoms with E-state index in [0.29, 0.717) is 25.1 Å². The summed E-state index contributed by atoms with van der Waals surface area (Å²) in [7, 11) is 0. The molecule has 0 aromatic heterocycles. The van der Waals surface area contributed by atoms with Crippen molar-refractivity contribution < 1.29 is 8.78 Å². The van der Waals surface area contributed by atoms with Gasteiger partial charge < -0.3 is 10.6 Å². The van der Waals surface area contributed by atoms with Gasteiger partial charge in [-0.2, -0.15) is 0 Å². The van der Waals surface area contributed by atoms with Crippen LogP contribution in [0.25, 0.3) is 0 Å². The zero-order valence-corrected chi connectivity index (χ0v) is 11.4. The maximum absolute atomic E-state index is 14.2. The molecule has 2 rings (SSSR count). The molecule has 0 heterocycles. The van der Waals surface area contributed by atoms with Crippen LogP contribution in [0, 0.1) is 11.6 Å². The standard InChI is InChI=1S/C16H18F2N2/c1-2-20(13-6-4-3-5-7-13)16-14(17)10-12(8-9-19)11-15(16)18/h3-7,10-11H,2,8-9,19H2,1H3. The SMILES string of the molecule is CCN(c1ccccc1)c1c(F)cc(CCN)cc1F. The molecule has 0 fully saturated rings. The van der Waals surface area contributed by atoms with E-state index in [1.807, 2.05) is 37.3 Å². The third kappa shape index (κ3) is 2.96. The monoisotopic (exact) mass is 276 g/mol. The molecule has 2 N–H and O–H groups in total. The number of hydrogen-bond acceptors (Lipinski definition) is 2. The average Bonchev–Trinajstić information content (AvgIpc) is 2.44. The highest BCUT2D eigenvalue weighted by atomic mass is 19.1. The maximum atomic E-state index is 14.2. The molecule has 4 heteroatoms. The minimum Gasteiger partial charge on any atom is -0.337 e. The van der Waals surface area contributed by atoms with Crippen molar-refractivity contribution in [3.63, 3.8) is 0 Å². The van der Waals surface area contributed by atoms with E-state index < -0.39 is 11.6 Å². The average molecular weight is 276 g/mol. The number of para-hydroxylation sites is 1. The Balaban J connectivity index is 2.45. The van der Waals surface area contributed by atoms with Gasteiger partial charge >= 0.3 is 0 Å². The van der Waals surface area contributed by atoms with E-state index in [9.17, 15) is 8.78 Å². The van der Waals surface area contributed by atoms with Crippen molar-refractivity contribution in [3.8, 4) is 0 Å². The summed E-state index contributed by atoms with van der Waals surface area (Å²) >= 11 is 0. The first-order chi connectivity index (χ1) is 9.67. The van der Waals surface area contributed by atoms with E-state index in [4.69, 9.17) is 5.73 Å². The van der Waals surface area contributed by atoms with Crippen molar-refractivity contribution in [2.75, 3.05) is 18.0 Å². The summed E-state index contributed by atoms with van der Waals surface area (Å²) in [5, 5.41) is 0. The van der Waals surface area contributed by atoms with Crippen molar-refractivity contribution in [1.82, 2.24) is 0 Å². The molecule has 0 radical (unpaired) electrons. The molecule has 0 spiro atoms. The van der Waals surface area contributed by atoms with Gasteiger partial charge in [0, 0.05) is 12.2 Å². The van der Waals surface area contributed by atoms with Crippen LogP contribution >= 0.6 is 0 Å². The normalized spacial score (nSPS) is 10.6. The minimum absolute atomic E-state index is 0.0144. The highest BCUT2D eigenvalue weighted by Gasteiger charge is 2.18. The van der Waals surface area contributed by atoms with E-state index in [0.717, 1.165) is 5.69 Å². The van der Waals surface area contributed by atoms with Crippen LogP contribution in [0.3, 0.4) is 0 Å². The fourth-order valence-corrected chi connectivity index (χ4v) is 2.26. The van der Waals surface area contributed by atoms with E-state index >= 15 is 0 Å². The molecule has 0 unspecified atom stereocenters. The Labute approximate surface area is 117 Å². The molecule has 2 aromatic rings. The molecule has 0 bridgehead atoms. The largest absolute Gasteiger partial charge is 0.337 e. The third-order valence-electron chi connectivity index (χ3n) is 3.16. The fraction of sp³-hybridized carbons (Fsp3) is 0.250. The number of hydrogen-bond donors (Lipinski definition) is 1. The molecule has 2 aromatic carbocycles. The highest BCUT2D eigenvalue weighted by Crippen LogP contribution is 2.31. The number of anilines is 2. The molecule has 0 saturated carbocycles. The molecule has 0 aliphatic heterocycles. The van der Waals surface area contributed by atoms with Gasteiger partial charge in [0.15, 0.2) is 0 Å². The van der Waals surface area contributed by atoms with Gasteiger partial charge in [-0.15, -0.1) is 0 Å².